The predicted molar refractivity (Wildman–Crippen MR) is 161 cm³/mol. The van der Waals surface area contributed by atoms with E-state index in [0.29, 0.717) is 17.9 Å². The molecule has 2 nitrogen and oxygen atoms in total. The molecule has 0 aliphatic heterocycles. The van der Waals surface area contributed by atoms with Crippen LogP contribution < -0.4 is 21.2 Å². The van der Waals surface area contributed by atoms with Crippen molar-refractivity contribution in [3.8, 4) is 12.3 Å². The number of hydrogen-bond acceptors (Lipinski definition) is 2. The topological polar surface area (TPSA) is 34.1 Å². The highest BCUT2D eigenvalue weighted by Gasteiger charge is 2.30. The highest BCUT2D eigenvalue weighted by atomic mass is 31.2. The maximum atomic E-state index is 14.7. The number of hydrogen-bond donors (Lipinski definition) is 0. The zero-order valence-corrected chi connectivity index (χ0v) is 22.8. The third-order valence-corrected chi connectivity index (χ3v) is 12.9. The minimum atomic E-state index is -3.00. The van der Waals surface area contributed by atoms with Gasteiger partial charge in [-0.15, -0.1) is 6.42 Å². The first kappa shape index (κ1) is 25.8. The molecule has 0 radical (unpaired) electrons. The van der Waals surface area contributed by atoms with Gasteiger partial charge in [-0.3, -0.25) is 0 Å². The SMILES string of the molecule is C#Cc1cc(CP(=O)(c2ccccc2)c2ccccc2)cc(CP(=O)(c2ccccc2)c2ccccc2)c1. The Morgan fingerprint density at radius 3 is 1.03 bits per heavy atom. The summed E-state index contributed by atoms with van der Waals surface area (Å²) in [5.74, 6) is 2.76. The molecule has 38 heavy (non-hydrogen) atoms. The quantitative estimate of drug-likeness (QED) is 0.165. The summed E-state index contributed by atoms with van der Waals surface area (Å²) < 4.78 is 29.4. The normalized spacial score (nSPS) is 11.6. The van der Waals surface area contributed by atoms with E-state index in [0.717, 1.165) is 32.3 Å². The van der Waals surface area contributed by atoms with Crippen LogP contribution in [-0.2, 0) is 21.5 Å². The summed E-state index contributed by atoms with van der Waals surface area (Å²) in [4.78, 5) is 0. The van der Waals surface area contributed by atoms with Crippen LogP contribution in [-0.4, -0.2) is 0 Å². The molecule has 0 N–H and O–H groups in total. The van der Waals surface area contributed by atoms with Gasteiger partial charge in [-0.2, -0.15) is 0 Å². The number of benzene rings is 5. The van der Waals surface area contributed by atoms with E-state index in [4.69, 9.17) is 6.42 Å². The van der Waals surface area contributed by atoms with Gasteiger partial charge in [0.25, 0.3) is 0 Å². The second-order valence-corrected chi connectivity index (χ2v) is 15.0. The van der Waals surface area contributed by atoms with Crippen LogP contribution in [0.3, 0.4) is 0 Å². The Hall–Kier alpha value is -3.88. The van der Waals surface area contributed by atoms with Crippen LogP contribution in [0.5, 0.6) is 0 Å². The molecule has 0 heterocycles. The van der Waals surface area contributed by atoms with Crippen LogP contribution >= 0.6 is 14.3 Å². The molecule has 0 unspecified atom stereocenters. The van der Waals surface area contributed by atoms with E-state index in [9.17, 15) is 9.13 Å². The first-order chi connectivity index (χ1) is 18.5. The highest BCUT2D eigenvalue weighted by molar-refractivity contribution is 7.78. The Balaban J connectivity index is 1.60. The first-order valence-electron chi connectivity index (χ1n) is 12.5. The average Bonchev–Trinajstić information content (AvgIpc) is 2.98. The summed E-state index contributed by atoms with van der Waals surface area (Å²) in [6.07, 6.45) is 6.52. The van der Waals surface area contributed by atoms with Crippen molar-refractivity contribution in [3.05, 3.63) is 156 Å². The first-order valence-corrected chi connectivity index (χ1v) is 16.3. The minimum absolute atomic E-state index is 0.324. The molecule has 0 aromatic heterocycles. The number of rotatable bonds is 8. The van der Waals surface area contributed by atoms with E-state index in [2.05, 4.69) is 5.92 Å². The van der Waals surface area contributed by atoms with Gasteiger partial charge in [0.15, 0.2) is 0 Å². The van der Waals surface area contributed by atoms with Gasteiger partial charge in [-0.05, 0) is 23.3 Å². The van der Waals surface area contributed by atoms with Gasteiger partial charge in [0.1, 0.15) is 14.3 Å². The monoisotopic (exact) mass is 530 g/mol. The summed E-state index contributed by atoms with van der Waals surface area (Å²) in [7, 11) is -6.00. The van der Waals surface area contributed by atoms with Crippen LogP contribution in [0.2, 0.25) is 0 Å². The van der Waals surface area contributed by atoms with Crippen LogP contribution in [0.1, 0.15) is 16.7 Å². The summed E-state index contributed by atoms with van der Waals surface area (Å²) >= 11 is 0. The zero-order valence-electron chi connectivity index (χ0n) is 21.0. The Bertz CT molecular complexity index is 1450. The Morgan fingerprint density at radius 2 is 0.763 bits per heavy atom. The van der Waals surface area contributed by atoms with Gasteiger partial charge >= 0.3 is 0 Å². The maximum absolute atomic E-state index is 14.7. The maximum Gasteiger partial charge on any atom is 0.147 e. The van der Waals surface area contributed by atoms with Gasteiger partial charge in [-0.1, -0.05) is 133 Å². The van der Waals surface area contributed by atoms with Gasteiger partial charge < -0.3 is 9.13 Å². The molecule has 0 aliphatic rings. The van der Waals surface area contributed by atoms with Crippen molar-refractivity contribution in [1.82, 2.24) is 0 Å². The Kier molecular flexibility index (Phi) is 7.62. The minimum Gasteiger partial charge on any atom is -0.313 e. The highest BCUT2D eigenvalue weighted by Crippen LogP contribution is 2.49. The second-order valence-electron chi connectivity index (χ2n) is 9.32. The van der Waals surface area contributed by atoms with Crippen LogP contribution in [0.25, 0.3) is 0 Å². The molecule has 0 saturated carbocycles. The van der Waals surface area contributed by atoms with Crippen molar-refractivity contribution in [2.75, 3.05) is 0 Å². The smallest absolute Gasteiger partial charge is 0.147 e. The fraction of sp³-hybridized carbons (Fsp3) is 0.0588. The van der Waals surface area contributed by atoms with Gasteiger partial charge in [-0.25, -0.2) is 0 Å². The van der Waals surface area contributed by atoms with Crippen LogP contribution in [0.4, 0.5) is 0 Å². The molecule has 0 bridgehead atoms. The Labute approximate surface area is 225 Å². The molecule has 0 amide bonds. The van der Waals surface area contributed by atoms with E-state index in [1.165, 1.54) is 0 Å². The van der Waals surface area contributed by atoms with E-state index < -0.39 is 14.3 Å². The van der Waals surface area contributed by atoms with Crippen LogP contribution in [0.15, 0.2) is 140 Å². The fourth-order valence-corrected chi connectivity index (χ4v) is 10.2. The summed E-state index contributed by atoms with van der Waals surface area (Å²) in [6.45, 7) is 0. The van der Waals surface area contributed by atoms with Crippen molar-refractivity contribution >= 4 is 35.5 Å². The summed E-state index contributed by atoms with van der Waals surface area (Å²) in [6, 6.07) is 44.4. The van der Waals surface area contributed by atoms with Crippen molar-refractivity contribution in [1.29, 1.82) is 0 Å². The predicted octanol–water partition coefficient (Wildman–Crippen LogP) is 6.70. The summed E-state index contributed by atoms with van der Waals surface area (Å²) in [5, 5.41) is 3.22. The third kappa shape index (κ3) is 5.37. The van der Waals surface area contributed by atoms with E-state index >= 15 is 0 Å². The third-order valence-electron chi connectivity index (χ3n) is 6.72. The van der Waals surface area contributed by atoms with Gasteiger partial charge in [0, 0.05) is 39.1 Å². The molecule has 186 valence electrons. The molecule has 0 spiro atoms. The van der Waals surface area contributed by atoms with E-state index in [1.807, 2.05) is 140 Å². The average molecular weight is 531 g/mol. The lowest BCUT2D eigenvalue weighted by molar-refractivity contribution is 0.586. The lowest BCUT2D eigenvalue weighted by Crippen LogP contribution is -2.18. The summed E-state index contributed by atoms with van der Waals surface area (Å²) in [5.41, 5.74) is 2.44. The van der Waals surface area contributed by atoms with Crippen molar-refractivity contribution in [2.45, 2.75) is 12.3 Å². The molecule has 0 aliphatic carbocycles. The molecule has 0 atom stereocenters. The molecule has 0 fully saturated rings. The van der Waals surface area contributed by atoms with Crippen molar-refractivity contribution in [3.63, 3.8) is 0 Å². The molecule has 5 aromatic carbocycles. The van der Waals surface area contributed by atoms with E-state index in [-0.39, 0.29) is 0 Å². The lowest BCUT2D eigenvalue weighted by Gasteiger charge is -2.22. The van der Waals surface area contributed by atoms with Gasteiger partial charge in [0.2, 0.25) is 0 Å². The fourth-order valence-electron chi connectivity index (χ4n) is 4.88. The number of terminal acetylenes is 1. The molecule has 5 rings (SSSR count). The molecule has 5 aromatic rings. The van der Waals surface area contributed by atoms with Gasteiger partial charge in [0.05, 0.1) is 0 Å². The molecular weight excluding hydrogens is 502 g/mol. The lowest BCUT2D eigenvalue weighted by atomic mass is 10.1. The zero-order chi connectivity index (χ0) is 26.4. The second kappa shape index (κ2) is 11.2. The largest absolute Gasteiger partial charge is 0.313 e. The molecular formula is C34H28O2P2. The van der Waals surface area contributed by atoms with E-state index in [1.54, 1.807) is 0 Å². The standard InChI is InChI=1S/C34H28O2P2/c1-2-28-23-29(26-37(35,31-15-7-3-8-16-31)32-17-9-4-10-18-32)25-30(24-28)27-38(36,33-19-11-5-12-20-33)34-21-13-6-14-22-34/h1,3-25H,26-27H2. The molecule has 0 saturated heterocycles. The van der Waals surface area contributed by atoms with Crippen molar-refractivity contribution in [2.24, 2.45) is 0 Å². The van der Waals surface area contributed by atoms with Crippen molar-refractivity contribution < 1.29 is 9.13 Å². The molecule has 4 heteroatoms. The van der Waals surface area contributed by atoms with Crippen LogP contribution in [0, 0.1) is 12.3 Å². The Morgan fingerprint density at radius 1 is 0.474 bits per heavy atom.